The number of hydrogen-bond acceptors (Lipinski definition) is 3. The zero-order chi connectivity index (χ0) is 17.5. The van der Waals surface area contributed by atoms with Crippen molar-refractivity contribution in [1.82, 2.24) is 5.32 Å². The van der Waals surface area contributed by atoms with Gasteiger partial charge in [0.2, 0.25) is 11.8 Å². The van der Waals surface area contributed by atoms with Crippen molar-refractivity contribution in [3.05, 3.63) is 23.2 Å². The molecule has 0 bridgehead atoms. The van der Waals surface area contributed by atoms with Crippen molar-refractivity contribution in [1.29, 1.82) is 0 Å². The van der Waals surface area contributed by atoms with Crippen molar-refractivity contribution in [3.63, 3.8) is 0 Å². The smallest absolute Gasteiger partial charge is 0.223 e. The van der Waals surface area contributed by atoms with Crippen molar-refractivity contribution in [3.8, 4) is 5.75 Å². The average Bonchev–Trinajstić information content (AvgIpc) is 2.59. The van der Waals surface area contributed by atoms with Crippen molar-refractivity contribution >= 4 is 29.1 Å². The van der Waals surface area contributed by atoms with Gasteiger partial charge in [0.25, 0.3) is 0 Å². The zero-order valence-electron chi connectivity index (χ0n) is 14.3. The molecule has 0 spiro atoms. The van der Waals surface area contributed by atoms with Crippen LogP contribution in [0.1, 0.15) is 39.0 Å². The number of ether oxygens (including phenoxy) is 1. The first-order valence-electron chi connectivity index (χ1n) is 8.42. The van der Waals surface area contributed by atoms with Gasteiger partial charge < -0.3 is 15.0 Å². The molecule has 1 fully saturated rings. The fraction of sp³-hybridized carbons (Fsp3) is 0.556. The van der Waals surface area contributed by atoms with Crippen molar-refractivity contribution in [2.24, 2.45) is 5.92 Å². The molecule has 2 amide bonds. The van der Waals surface area contributed by atoms with Crippen molar-refractivity contribution < 1.29 is 14.3 Å². The number of nitrogens with one attached hydrogen (secondary N) is 1. The van der Waals surface area contributed by atoms with Crippen LogP contribution >= 0.6 is 11.6 Å². The van der Waals surface area contributed by atoms with Crippen LogP contribution in [0, 0.1) is 5.92 Å². The highest BCUT2D eigenvalue weighted by Crippen LogP contribution is 2.29. The highest BCUT2D eigenvalue weighted by Gasteiger charge is 2.21. The van der Waals surface area contributed by atoms with Crippen LogP contribution in [-0.2, 0) is 9.59 Å². The van der Waals surface area contributed by atoms with E-state index in [0.29, 0.717) is 29.5 Å². The second-order valence-corrected chi connectivity index (χ2v) is 6.52. The lowest BCUT2D eigenvalue weighted by Gasteiger charge is -2.24. The Labute approximate surface area is 148 Å². The molecule has 1 aromatic carbocycles. The largest absolute Gasteiger partial charge is 0.495 e. The third-order valence-electron chi connectivity index (χ3n) is 4.44. The first-order valence-corrected chi connectivity index (χ1v) is 8.80. The number of nitrogens with zero attached hydrogens (tertiary/aromatic N) is 1. The maximum absolute atomic E-state index is 12.2. The van der Waals surface area contributed by atoms with Crippen molar-refractivity contribution in [2.75, 3.05) is 25.1 Å². The number of anilines is 1. The van der Waals surface area contributed by atoms with E-state index in [2.05, 4.69) is 5.32 Å². The Morgan fingerprint density at radius 1 is 1.29 bits per heavy atom. The third-order valence-corrected chi connectivity index (χ3v) is 4.73. The number of hydrogen-bond donors (Lipinski definition) is 1. The lowest BCUT2D eigenvalue weighted by Crippen LogP contribution is -2.40. The Hall–Kier alpha value is -1.75. The van der Waals surface area contributed by atoms with E-state index in [1.807, 2.05) is 0 Å². The molecule has 1 saturated carbocycles. The Morgan fingerprint density at radius 3 is 2.58 bits per heavy atom. The topological polar surface area (TPSA) is 58.6 Å². The van der Waals surface area contributed by atoms with Gasteiger partial charge in [-0.05, 0) is 31.0 Å². The predicted molar refractivity (Wildman–Crippen MR) is 95.6 cm³/mol. The average molecular weight is 353 g/mol. The summed E-state index contributed by atoms with van der Waals surface area (Å²) in [4.78, 5) is 25.7. The molecule has 1 N–H and O–H groups in total. The van der Waals surface area contributed by atoms with E-state index in [0.717, 1.165) is 25.7 Å². The van der Waals surface area contributed by atoms with E-state index < -0.39 is 0 Å². The molecule has 0 atom stereocenters. The van der Waals surface area contributed by atoms with Crippen LogP contribution in [0.2, 0.25) is 5.02 Å². The lowest BCUT2D eigenvalue weighted by molar-refractivity contribution is -0.126. The summed E-state index contributed by atoms with van der Waals surface area (Å²) in [6, 6.07) is 5.22. The molecular weight excluding hydrogens is 328 g/mol. The minimum Gasteiger partial charge on any atom is -0.495 e. The number of carbonyl (C=O) groups excluding carboxylic acids is 2. The van der Waals surface area contributed by atoms with Gasteiger partial charge in [0.05, 0.1) is 12.1 Å². The normalized spacial score (nSPS) is 15.0. The van der Waals surface area contributed by atoms with E-state index in [-0.39, 0.29) is 17.7 Å². The number of halogens is 1. The summed E-state index contributed by atoms with van der Waals surface area (Å²) in [5.41, 5.74) is 0.695. The minimum atomic E-state index is -0.0943. The predicted octanol–water partition coefficient (Wildman–Crippen LogP) is 3.40. The number of rotatable bonds is 6. The second-order valence-electron chi connectivity index (χ2n) is 6.12. The molecule has 1 aromatic rings. The monoisotopic (exact) mass is 352 g/mol. The van der Waals surface area contributed by atoms with Gasteiger partial charge in [0.1, 0.15) is 5.75 Å². The van der Waals surface area contributed by atoms with Gasteiger partial charge in [0.15, 0.2) is 0 Å². The molecule has 132 valence electrons. The van der Waals surface area contributed by atoms with Gasteiger partial charge in [0, 0.05) is 31.6 Å². The van der Waals surface area contributed by atoms with E-state index in [1.54, 1.807) is 30.2 Å². The van der Waals surface area contributed by atoms with E-state index in [9.17, 15) is 9.59 Å². The molecule has 2 rings (SSSR count). The summed E-state index contributed by atoms with van der Waals surface area (Å²) < 4.78 is 5.13. The van der Waals surface area contributed by atoms with Crippen molar-refractivity contribution in [2.45, 2.75) is 39.0 Å². The van der Waals surface area contributed by atoms with E-state index in [1.165, 1.54) is 13.3 Å². The number of benzene rings is 1. The Balaban J connectivity index is 1.92. The van der Waals surface area contributed by atoms with E-state index in [4.69, 9.17) is 16.3 Å². The minimum absolute atomic E-state index is 0.0943. The second kappa shape index (κ2) is 8.92. The number of carbonyl (C=O) groups is 2. The molecule has 0 radical (unpaired) electrons. The van der Waals surface area contributed by atoms with Crippen LogP contribution in [0.15, 0.2) is 18.2 Å². The number of methoxy groups -OCH3 is 1. The van der Waals surface area contributed by atoms with Gasteiger partial charge in [-0.25, -0.2) is 0 Å². The van der Waals surface area contributed by atoms with Gasteiger partial charge in [-0.2, -0.15) is 0 Å². The third kappa shape index (κ3) is 4.87. The first-order chi connectivity index (χ1) is 11.5. The molecule has 6 heteroatoms. The maximum Gasteiger partial charge on any atom is 0.223 e. The van der Waals surface area contributed by atoms with Crippen LogP contribution in [0.4, 0.5) is 5.69 Å². The molecule has 0 aliphatic heterocycles. The summed E-state index contributed by atoms with van der Waals surface area (Å²) in [5.74, 6) is 0.698. The molecule has 1 aliphatic rings. The molecular formula is C18H25ClN2O3. The molecule has 0 heterocycles. The summed E-state index contributed by atoms with van der Waals surface area (Å²) in [6.07, 6.45) is 5.41. The summed E-state index contributed by atoms with van der Waals surface area (Å²) >= 11 is 6.13. The summed E-state index contributed by atoms with van der Waals surface area (Å²) in [5, 5.41) is 3.41. The van der Waals surface area contributed by atoms with Gasteiger partial charge in [-0.3, -0.25) is 9.59 Å². The van der Waals surface area contributed by atoms with E-state index >= 15 is 0 Å². The van der Waals surface area contributed by atoms with Gasteiger partial charge in [-0.1, -0.05) is 30.9 Å². The van der Waals surface area contributed by atoms with Crippen LogP contribution in [0.3, 0.4) is 0 Å². The molecule has 5 nitrogen and oxygen atoms in total. The Kier molecular flexibility index (Phi) is 6.91. The molecule has 0 unspecified atom stereocenters. The summed E-state index contributed by atoms with van der Waals surface area (Å²) in [7, 11) is 1.55. The SMILES string of the molecule is COc1ccc(N(CCNC(=O)C2CCCCC2)C(C)=O)cc1Cl. The Bertz CT molecular complexity index is 586. The van der Waals surface area contributed by atoms with Crippen LogP contribution < -0.4 is 15.0 Å². The number of amides is 2. The van der Waals surface area contributed by atoms with Crippen LogP contribution in [-0.4, -0.2) is 32.0 Å². The zero-order valence-corrected chi connectivity index (χ0v) is 15.1. The lowest BCUT2D eigenvalue weighted by atomic mass is 9.89. The highest BCUT2D eigenvalue weighted by atomic mass is 35.5. The van der Waals surface area contributed by atoms with Crippen LogP contribution in [0.5, 0.6) is 5.75 Å². The van der Waals surface area contributed by atoms with Crippen LogP contribution in [0.25, 0.3) is 0 Å². The van der Waals surface area contributed by atoms with Gasteiger partial charge in [-0.15, -0.1) is 0 Å². The molecule has 24 heavy (non-hydrogen) atoms. The fourth-order valence-corrected chi connectivity index (χ4v) is 3.34. The summed E-state index contributed by atoms with van der Waals surface area (Å²) in [6.45, 7) is 2.34. The fourth-order valence-electron chi connectivity index (χ4n) is 3.09. The molecule has 0 saturated heterocycles. The quantitative estimate of drug-likeness (QED) is 0.853. The molecule has 1 aliphatic carbocycles. The standard InChI is InChI=1S/C18H25ClN2O3/c1-13(22)21(15-8-9-17(24-2)16(19)12-15)11-10-20-18(23)14-6-4-3-5-7-14/h8-9,12,14H,3-7,10-11H2,1-2H3,(H,20,23). The van der Waals surface area contributed by atoms with Gasteiger partial charge >= 0.3 is 0 Å². The Morgan fingerprint density at radius 2 is 2.00 bits per heavy atom. The molecule has 0 aromatic heterocycles. The first kappa shape index (κ1) is 18.6. The maximum atomic E-state index is 12.2. The highest BCUT2D eigenvalue weighted by molar-refractivity contribution is 6.32.